The summed E-state index contributed by atoms with van der Waals surface area (Å²) in [6.07, 6.45) is -0.831. The van der Waals surface area contributed by atoms with E-state index in [0.717, 1.165) is 0 Å². The molecule has 0 saturated carbocycles. The van der Waals surface area contributed by atoms with Crippen molar-refractivity contribution in [2.24, 2.45) is 5.73 Å². The molecular weight excluding hydrogens is 146 g/mol. The molecule has 54 valence electrons. The van der Waals surface area contributed by atoms with Crippen LogP contribution in [-0.2, 0) is 9.47 Å². The maximum atomic E-state index is 10.1. The van der Waals surface area contributed by atoms with Crippen LogP contribution in [0.3, 0.4) is 0 Å². The smallest absolute Gasteiger partial charge is 0.430 e. The van der Waals surface area contributed by atoms with Gasteiger partial charge >= 0.3 is 6.16 Å². The first kappa shape index (κ1) is 8.52. The molecule has 1 rings (SSSR count). The molecule has 9 heavy (non-hydrogen) atoms. The van der Waals surface area contributed by atoms with Crippen LogP contribution in [0, 0.1) is 0 Å². The number of rotatable bonds is 1. The Morgan fingerprint density at radius 2 is 2.44 bits per heavy atom. The molecule has 1 fully saturated rings. The van der Waals surface area contributed by atoms with E-state index in [0.29, 0.717) is 13.2 Å². The van der Waals surface area contributed by atoms with Crippen molar-refractivity contribution in [2.75, 3.05) is 13.2 Å². The number of nitrogens with two attached hydrogens (primary N) is 1. The van der Waals surface area contributed by atoms with Gasteiger partial charge < -0.3 is 15.2 Å². The lowest BCUT2D eigenvalue weighted by molar-refractivity contribution is 0.119. The standard InChI is InChI=1S/C4H7NO3.ClH/c5-1-3-2-7-4(6)8-3;/h3H,1-2,5H2;1H/t3-;/m1./s1. The van der Waals surface area contributed by atoms with Crippen LogP contribution in [0.4, 0.5) is 4.79 Å². The largest absolute Gasteiger partial charge is 0.508 e. The summed E-state index contributed by atoms with van der Waals surface area (Å²) in [5.41, 5.74) is 5.14. The maximum Gasteiger partial charge on any atom is 0.508 e. The molecule has 1 aliphatic heterocycles. The topological polar surface area (TPSA) is 61.5 Å². The van der Waals surface area contributed by atoms with Gasteiger partial charge in [0.1, 0.15) is 6.61 Å². The van der Waals surface area contributed by atoms with Crippen LogP contribution >= 0.6 is 12.4 Å². The minimum atomic E-state index is -0.611. The van der Waals surface area contributed by atoms with E-state index in [4.69, 9.17) is 5.73 Å². The fourth-order valence-corrected chi connectivity index (χ4v) is 0.481. The van der Waals surface area contributed by atoms with Crippen LogP contribution in [0.2, 0.25) is 0 Å². The molecule has 0 radical (unpaired) electrons. The van der Waals surface area contributed by atoms with Gasteiger partial charge in [0.2, 0.25) is 0 Å². The van der Waals surface area contributed by atoms with Gasteiger partial charge in [0.15, 0.2) is 6.10 Å². The molecule has 0 aromatic heterocycles. The predicted octanol–water partition coefficient (Wildman–Crippen LogP) is -0.0977. The number of hydrogen-bond acceptors (Lipinski definition) is 4. The van der Waals surface area contributed by atoms with E-state index in [1.165, 1.54) is 0 Å². The molecule has 1 aliphatic rings. The van der Waals surface area contributed by atoms with E-state index < -0.39 is 6.16 Å². The van der Waals surface area contributed by atoms with Crippen LogP contribution in [0.15, 0.2) is 0 Å². The normalized spacial score (nSPS) is 24.1. The van der Waals surface area contributed by atoms with Gasteiger partial charge in [-0.15, -0.1) is 12.4 Å². The minimum absolute atomic E-state index is 0. The zero-order valence-electron chi connectivity index (χ0n) is 4.70. The molecule has 4 nitrogen and oxygen atoms in total. The van der Waals surface area contributed by atoms with Crippen LogP contribution in [0.1, 0.15) is 0 Å². The Hall–Kier alpha value is -0.480. The fraction of sp³-hybridized carbons (Fsp3) is 0.750. The van der Waals surface area contributed by atoms with Crippen molar-refractivity contribution in [3.63, 3.8) is 0 Å². The molecule has 1 atom stereocenters. The fourth-order valence-electron chi connectivity index (χ4n) is 0.481. The van der Waals surface area contributed by atoms with Gasteiger partial charge in [-0.2, -0.15) is 0 Å². The first-order valence-electron chi connectivity index (χ1n) is 2.36. The van der Waals surface area contributed by atoms with Crippen molar-refractivity contribution < 1.29 is 14.3 Å². The SMILES string of the molecule is Cl.NC[C@@H]1COC(=O)O1. The van der Waals surface area contributed by atoms with Crippen molar-refractivity contribution in [1.29, 1.82) is 0 Å². The third kappa shape index (κ3) is 2.07. The van der Waals surface area contributed by atoms with E-state index in [9.17, 15) is 4.79 Å². The van der Waals surface area contributed by atoms with Gasteiger partial charge in [-0.05, 0) is 0 Å². The maximum absolute atomic E-state index is 10.1. The van der Waals surface area contributed by atoms with Gasteiger partial charge in [-0.3, -0.25) is 0 Å². The highest BCUT2D eigenvalue weighted by Gasteiger charge is 2.22. The first-order chi connectivity index (χ1) is 3.83. The molecule has 1 saturated heterocycles. The molecule has 5 heteroatoms. The Bertz CT molecular complexity index is 108. The average molecular weight is 154 g/mol. The lowest BCUT2D eigenvalue weighted by Gasteiger charge is -1.97. The van der Waals surface area contributed by atoms with Gasteiger partial charge in [0.25, 0.3) is 0 Å². The summed E-state index contributed by atoms with van der Waals surface area (Å²) < 4.78 is 8.94. The monoisotopic (exact) mass is 153 g/mol. The zero-order chi connectivity index (χ0) is 5.98. The zero-order valence-corrected chi connectivity index (χ0v) is 5.52. The molecule has 0 bridgehead atoms. The van der Waals surface area contributed by atoms with Crippen molar-refractivity contribution >= 4 is 18.6 Å². The molecule has 2 N–H and O–H groups in total. The highest BCUT2D eigenvalue weighted by Crippen LogP contribution is 2.02. The van der Waals surface area contributed by atoms with Gasteiger partial charge in [-0.25, -0.2) is 4.79 Å². The molecular formula is C4H8ClNO3. The van der Waals surface area contributed by atoms with Crippen LogP contribution in [0.5, 0.6) is 0 Å². The Morgan fingerprint density at radius 3 is 2.67 bits per heavy atom. The highest BCUT2D eigenvalue weighted by molar-refractivity contribution is 5.85. The third-order valence-electron chi connectivity index (χ3n) is 0.913. The molecule has 0 aliphatic carbocycles. The number of halogens is 1. The number of carbonyl (C=O) groups is 1. The first-order valence-corrected chi connectivity index (χ1v) is 2.36. The number of ether oxygens (including phenoxy) is 2. The molecule has 0 spiro atoms. The predicted molar refractivity (Wildman–Crippen MR) is 32.5 cm³/mol. The van der Waals surface area contributed by atoms with E-state index >= 15 is 0 Å². The Labute approximate surface area is 58.7 Å². The lowest BCUT2D eigenvalue weighted by atomic mass is 10.4. The molecule has 0 amide bonds. The molecule has 0 aromatic carbocycles. The Morgan fingerprint density at radius 1 is 1.78 bits per heavy atom. The van der Waals surface area contributed by atoms with Crippen molar-refractivity contribution in [1.82, 2.24) is 0 Å². The second-order valence-electron chi connectivity index (χ2n) is 1.54. The van der Waals surface area contributed by atoms with E-state index in [2.05, 4.69) is 9.47 Å². The summed E-state index contributed by atoms with van der Waals surface area (Å²) in [5, 5.41) is 0. The van der Waals surface area contributed by atoms with Gasteiger partial charge in [-0.1, -0.05) is 0 Å². The summed E-state index contributed by atoms with van der Waals surface area (Å²) in [6.45, 7) is 0.640. The average Bonchev–Trinajstić information content (AvgIpc) is 2.14. The molecule has 0 aromatic rings. The lowest BCUT2D eigenvalue weighted by Crippen LogP contribution is -2.21. The summed E-state index contributed by atoms with van der Waals surface area (Å²) in [5.74, 6) is 0. The third-order valence-corrected chi connectivity index (χ3v) is 0.913. The van der Waals surface area contributed by atoms with Gasteiger partial charge in [0, 0.05) is 6.54 Å². The van der Waals surface area contributed by atoms with Crippen LogP contribution < -0.4 is 5.73 Å². The van der Waals surface area contributed by atoms with Crippen molar-refractivity contribution in [2.45, 2.75) is 6.10 Å². The number of cyclic esters (lactones) is 2. The van der Waals surface area contributed by atoms with Crippen molar-refractivity contribution in [3.05, 3.63) is 0 Å². The summed E-state index contributed by atoms with van der Waals surface area (Å²) in [7, 11) is 0. The summed E-state index contributed by atoms with van der Waals surface area (Å²) >= 11 is 0. The Kier molecular flexibility index (Phi) is 3.34. The quantitative estimate of drug-likeness (QED) is 0.535. The van der Waals surface area contributed by atoms with E-state index in [1.54, 1.807) is 0 Å². The number of carbonyl (C=O) groups excluding carboxylic acids is 1. The van der Waals surface area contributed by atoms with Crippen molar-refractivity contribution in [3.8, 4) is 0 Å². The second kappa shape index (κ2) is 3.53. The molecule has 0 unspecified atom stereocenters. The number of hydrogen-bond donors (Lipinski definition) is 1. The molecule has 1 heterocycles. The summed E-state index contributed by atoms with van der Waals surface area (Å²) in [6, 6.07) is 0. The van der Waals surface area contributed by atoms with E-state index in [-0.39, 0.29) is 18.5 Å². The second-order valence-corrected chi connectivity index (χ2v) is 1.54. The Balaban J connectivity index is 0.000000640. The van der Waals surface area contributed by atoms with Crippen LogP contribution in [0.25, 0.3) is 0 Å². The van der Waals surface area contributed by atoms with E-state index in [1.807, 2.05) is 0 Å². The minimum Gasteiger partial charge on any atom is -0.430 e. The summed E-state index contributed by atoms with van der Waals surface area (Å²) in [4.78, 5) is 10.1. The highest BCUT2D eigenvalue weighted by atomic mass is 35.5. The van der Waals surface area contributed by atoms with Crippen LogP contribution in [-0.4, -0.2) is 25.4 Å². The van der Waals surface area contributed by atoms with Gasteiger partial charge in [0.05, 0.1) is 0 Å².